The van der Waals surface area contributed by atoms with Gasteiger partial charge in [-0.05, 0) is 29.2 Å². The van der Waals surface area contributed by atoms with Crippen LogP contribution in [0.4, 0.5) is 0 Å². The molecule has 16 heavy (non-hydrogen) atoms. The Labute approximate surface area is 96.3 Å². The Hall–Kier alpha value is -1.57. The van der Waals surface area contributed by atoms with Crippen molar-refractivity contribution in [1.29, 1.82) is 0 Å². The van der Waals surface area contributed by atoms with Crippen LogP contribution < -0.4 is 4.74 Å². The molecule has 1 heterocycles. The number of hydrogen-bond acceptors (Lipinski definition) is 2. The molecule has 0 saturated carbocycles. The van der Waals surface area contributed by atoms with Crippen LogP contribution in [-0.4, -0.2) is 12.1 Å². The van der Waals surface area contributed by atoms with Gasteiger partial charge in [0.05, 0.1) is 12.6 Å². The minimum atomic E-state index is 0.113. The van der Waals surface area contributed by atoms with E-state index in [1.807, 2.05) is 24.4 Å². The van der Waals surface area contributed by atoms with Gasteiger partial charge in [0, 0.05) is 11.6 Å². The van der Waals surface area contributed by atoms with Crippen molar-refractivity contribution in [3.8, 4) is 5.75 Å². The number of pyridine rings is 1. The van der Waals surface area contributed by atoms with Gasteiger partial charge in [0.25, 0.3) is 0 Å². The van der Waals surface area contributed by atoms with E-state index in [9.17, 15) is 0 Å². The lowest BCUT2D eigenvalue weighted by atomic mass is 9.87. The van der Waals surface area contributed by atoms with Gasteiger partial charge in [-0.3, -0.25) is 4.98 Å². The quantitative estimate of drug-likeness (QED) is 0.726. The zero-order valence-corrected chi connectivity index (χ0v) is 10.2. The molecule has 0 spiro atoms. The SMILES string of the molecule is COc1cccc2ncc(C(C)(C)C)cc12. The summed E-state index contributed by atoms with van der Waals surface area (Å²) in [6.07, 6.45) is 1.95. The molecule has 84 valence electrons. The van der Waals surface area contributed by atoms with Crippen molar-refractivity contribution in [2.45, 2.75) is 26.2 Å². The zero-order valence-electron chi connectivity index (χ0n) is 10.2. The van der Waals surface area contributed by atoms with Crippen molar-refractivity contribution >= 4 is 10.9 Å². The second-order valence-electron chi connectivity index (χ2n) is 5.00. The van der Waals surface area contributed by atoms with E-state index in [0.717, 1.165) is 16.7 Å². The highest BCUT2D eigenvalue weighted by molar-refractivity contribution is 5.85. The number of nitrogens with zero attached hydrogens (tertiary/aromatic N) is 1. The third kappa shape index (κ3) is 1.87. The van der Waals surface area contributed by atoms with Gasteiger partial charge >= 0.3 is 0 Å². The summed E-state index contributed by atoms with van der Waals surface area (Å²) in [6, 6.07) is 8.10. The predicted octanol–water partition coefficient (Wildman–Crippen LogP) is 3.54. The molecule has 2 heteroatoms. The van der Waals surface area contributed by atoms with Crippen LogP contribution in [0.2, 0.25) is 0 Å². The zero-order chi connectivity index (χ0) is 11.8. The third-order valence-electron chi connectivity index (χ3n) is 2.77. The highest BCUT2D eigenvalue weighted by Gasteiger charge is 2.15. The van der Waals surface area contributed by atoms with Crippen molar-refractivity contribution < 1.29 is 4.74 Å². The maximum absolute atomic E-state index is 5.36. The van der Waals surface area contributed by atoms with Gasteiger partial charge in [-0.2, -0.15) is 0 Å². The molecular formula is C14H17NO. The lowest BCUT2D eigenvalue weighted by molar-refractivity contribution is 0.419. The van der Waals surface area contributed by atoms with Crippen molar-refractivity contribution in [3.63, 3.8) is 0 Å². The van der Waals surface area contributed by atoms with Crippen LogP contribution in [0.1, 0.15) is 26.3 Å². The molecule has 0 aliphatic rings. The Kier molecular flexibility index (Phi) is 2.58. The number of rotatable bonds is 1. The van der Waals surface area contributed by atoms with Crippen LogP contribution in [-0.2, 0) is 5.41 Å². The number of methoxy groups -OCH3 is 1. The van der Waals surface area contributed by atoms with Crippen molar-refractivity contribution in [3.05, 3.63) is 36.0 Å². The first-order valence-corrected chi connectivity index (χ1v) is 5.45. The summed E-state index contributed by atoms with van der Waals surface area (Å²) >= 11 is 0. The average molecular weight is 215 g/mol. The average Bonchev–Trinajstić information content (AvgIpc) is 2.26. The molecule has 2 aromatic rings. The summed E-state index contributed by atoms with van der Waals surface area (Å²) in [5.41, 5.74) is 2.32. The van der Waals surface area contributed by atoms with Gasteiger partial charge in [-0.25, -0.2) is 0 Å². The molecule has 0 radical (unpaired) electrons. The third-order valence-corrected chi connectivity index (χ3v) is 2.77. The fourth-order valence-corrected chi connectivity index (χ4v) is 1.71. The molecular weight excluding hydrogens is 198 g/mol. The first kappa shape index (κ1) is 10.9. The molecule has 2 rings (SSSR count). The van der Waals surface area contributed by atoms with Gasteiger partial charge in [0.15, 0.2) is 0 Å². The minimum absolute atomic E-state index is 0.113. The molecule has 0 fully saturated rings. The molecule has 0 saturated heterocycles. The normalized spacial score (nSPS) is 11.8. The second-order valence-corrected chi connectivity index (χ2v) is 5.00. The monoisotopic (exact) mass is 215 g/mol. The Balaban J connectivity index is 2.68. The minimum Gasteiger partial charge on any atom is -0.496 e. The number of benzene rings is 1. The maximum Gasteiger partial charge on any atom is 0.128 e. The Morgan fingerprint density at radius 3 is 2.56 bits per heavy atom. The molecule has 0 aliphatic heterocycles. The van der Waals surface area contributed by atoms with Crippen molar-refractivity contribution in [1.82, 2.24) is 4.98 Å². The van der Waals surface area contributed by atoms with Crippen molar-refractivity contribution in [2.24, 2.45) is 0 Å². The number of hydrogen-bond donors (Lipinski definition) is 0. The molecule has 0 N–H and O–H groups in total. The second kappa shape index (κ2) is 3.78. The van der Waals surface area contributed by atoms with Crippen LogP contribution in [0.3, 0.4) is 0 Å². The molecule has 2 nitrogen and oxygen atoms in total. The van der Waals surface area contributed by atoms with Crippen LogP contribution in [0.5, 0.6) is 5.75 Å². The summed E-state index contributed by atoms with van der Waals surface area (Å²) in [7, 11) is 1.69. The predicted molar refractivity (Wildman–Crippen MR) is 67.0 cm³/mol. The van der Waals surface area contributed by atoms with Crippen LogP contribution >= 0.6 is 0 Å². The van der Waals surface area contributed by atoms with Gasteiger partial charge in [-0.15, -0.1) is 0 Å². The van der Waals surface area contributed by atoms with E-state index in [0.29, 0.717) is 0 Å². The van der Waals surface area contributed by atoms with E-state index >= 15 is 0 Å². The molecule has 0 bridgehead atoms. The number of fused-ring (bicyclic) bond motifs is 1. The van der Waals surface area contributed by atoms with Gasteiger partial charge < -0.3 is 4.74 Å². The van der Waals surface area contributed by atoms with Crippen LogP contribution in [0.15, 0.2) is 30.5 Å². The molecule has 0 unspecified atom stereocenters. The van der Waals surface area contributed by atoms with Gasteiger partial charge in [0.2, 0.25) is 0 Å². The van der Waals surface area contributed by atoms with Crippen molar-refractivity contribution in [2.75, 3.05) is 7.11 Å². The molecule has 0 atom stereocenters. The summed E-state index contributed by atoms with van der Waals surface area (Å²) in [4.78, 5) is 4.48. The van der Waals surface area contributed by atoms with E-state index in [1.54, 1.807) is 7.11 Å². The Morgan fingerprint density at radius 2 is 1.94 bits per heavy atom. The summed E-state index contributed by atoms with van der Waals surface area (Å²) in [5, 5.41) is 1.08. The summed E-state index contributed by atoms with van der Waals surface area (Å²) in [5.74, 6) is 0.885. The lowest BCUT2D eigenvalue weighted by Crippen LogP contribution is -2.11. The molecule has 0 amide bonds. The highest BCUT2D eigenvalue weighted by atomic mass is 16.5. The lowest BCUT2D eigenvalue weighted by Gasteiger charge is -2.19. The molecule has 1 aromatic carbocycles. The first-order chi connectivity index (χ1) is 7.52. The highest BCUT2D eigenvalue weighted by Crippen LogP contribution is 2.29. The van der Waals surface area contributed by atoms with Crippen LogP contribution in [0.25, 0.3) is 10.9 Å². The summed E-state index contributed by atoms with van der Waals surface area (Å²) < 4.78 is 5.36. The van der Waals surface area contributed by atoms with E-state index in [2.05, 4.69) is 31.8 Å². The largest absolute Gasteiger partial charge is 0.496 e. The standard InChI is InChI=1S/C14H17NO/c1-14(2,3)10-8-11-12(15-9-10)6-5-7-13(11)16-4/h5-9H,1-4H3. The maximum atomic E-state index is 5.36. The van der Waals surface area contributed by atoms with Gasteiger partial charge in [-0.1, -0.05) is 26.8 Å². The number of aromatic nitrogens is 1. The van der Waals surface area contributed by atoms with Crippen LogP contribution in [0, 0.1) is 0 Å². The Morgan fingerprint density at radius 1 is 1.19 bits per heavy atom. The smallest absolute Gasteiger partial charge is 0.128 e. The van der Waals surface area contributed by atoms with E-state index in [4.69, 9.17) is 4.74 Å². The molecule has 0 aliphatic carbocycles. The van der Waals surface area contributed by atoms with Gasteiger partial charge in [0.1, 0.15) is 5.75 Å². The van der Waals surface area contributed by atoms with E-state index < -0.39 is 0 Å². The Bertz CT molecular complexity index is 512. The topological polar surface area (TPSA) is 22.1 Å². The fraction of sp³-hybridized carbons (Fsp3) is 0.357. The fourth-order valence-electron chi connectivity index (χ4n) is 1.71. The molecule has 1 aromatic heterocycles. The first-order valence-electron chi connectivity index (χ1n) is 5.45. The van der Waals surface area contributed by atoms with E-state index in [-0.39, 0.29) is 5.41 Å². The number of ether oxygens (including phenoxy) is 1. The van der Waals surface area contributed by atoms with E-state index in [1.165, 1.54) is 5.56 Å². The summed E-state index contributed by atoms with van der Waals surface area (Å²) in [6.45, 7) is 6.56.